The first-order chi connectivity index (χ1) is 13.0. The minimum Gasteiger partial charge on any atom is -0.360 e. The van der Waals surface area contributed by atoms with Crippen molar-refractivity contribution < 1.29 is 0 Å². The van der Waals surface area contributed by atoms with Crippen molar-refractivity contribution >= 4 is 28.1 Å². The van der Waals surface area contributed by atoms with Gasteiger partial charge in [0.25, 0.3) is 0 Å². The van der Waals surface area contributed by atoms with Gasteiger partial charge in [-0.2, -0.15) is 8.89 Å². The van der Waals surface area contributed by atoms with Gasteiger partial charge in [0.05, 0.1) is 0 Å². The van der Waals surface area contributed by atoms with Gasteiger partial charge in [0.15, 0.2) is 11.5 Å². The first kappa shape index (κ1) is 16.9. The summed E-state index contributed by atoms with van der Waals surface area (Å²) in [7, 11) is 0. The van der Waals surface area contributed by atoms with Gasteiger partial charge in [0, 0.05) is 48.4 Å². The zero-order chi connectivity index (χ0) is 18.6. The van der Waals surface area contributed by atoms with Crippen molar-refractivity contribution in [1.29, 1.82) is 0 Å². The lowest BCUT2D eigenvalue weighted by Crippen LogP contribution is -2.50. The molecule has 1 N–H and O–H groups in total. The van der Waals surface area contributed by atoms with Gasteiger partial charge >= 0.3 is 0 Å². The molecule has 1 saturated carbocycles. The molecule has 1 aliphatic carbocycles. The molecule has 9 heteroatoms. The molecule has 142 valence electrons. The molecule has 0 atom stereocenters. The minimum atomic E-state index is -0.0898. The first-order valence-electron chi connectivity index (χ1n) is 9.53. The van der Waals surface area contributed by atoms with Crippen LogP contribution in [0.4, 0.5) is 10.9 Å². The average molecular weight is 385 g/mol. The maximum Gasteiger partial charge on any atom is 0.202 e. The highest BCUT2D eigenvalue weighted by atomic mass is 32.1. The number of fused-ring (bicyclic) bond motifs is 1. The molecular weight excluding hydrogens is 360 g/mol. The summed E-state index contributed by atoms with van der Waals surface area (Å²) < 4.78 is 6.32. The Balaban J connectivity index is 1.21. The van der Waals surface area contributed by atoms with E-state index in [9.17, 15) is 0 Å². The molecular formula is C18H24N8S. The Labute approximate surface area is 162 Å². The van der Waals surface area contributed by atoms with Crippen LogP contribution in [0.5, 0.6) is 0 Å². The molecule has 4 heterocycles. The van der Waals surface area contributed by atoms with Crippen LogP contribution in [0.15, 0.2) is 12.1 Å². The van der Waals surface area contributed by atoms with Crippen LogP contribution in [-0.2, 0) is 5.41 Å². The second-order valence-corrected chi connectivity index (χ2v) is 9.37. The first-order valence-corrected chi connectivity index (χ1v) is 10.3. The molecule has 0 radical (unpaired) electrons. The Morgan fingerprint density at radius 2 is 2.00 bits per heavy atom. The molecule has 0 bridgehead atoms. The van der Waals surface area contributed by atoms with Crippen LogP contribution in [0.25, 0.3) is 5.65 Å². The standard InChI is InChI=1S/C18H24N8S/c1-18(2,3)16-22-21-13-6-7-14(23-26(13)16)25-9-11(10-25)8-19-17-20-15(24-27-17)12-4-5-12/h6-7,11-12H,4-5,8-10H2,1-3H3,(H,19,20,24). The van der Waals surface area contributed by atoms with Crippen molar-refractivity contribution in [3.63, 3.8) is 0 Å². The van der Waals surface area contributed by atoms with Crippen molar-refractivity contribution in [1.82, 2.24) is 29.2 Å². The average Bonchev–Trinajstić information content (AvgIpc) is 3.16. The van der Waals surface area contributed by atoms with Crippen molar-refractivity contribution in [3.8, 4) is 0 Å². The second-order valence-electron chi connectivity index (χ2n) is 8.62. The summed E-state index contributed by atoms with van der Waals surface area (Å²) in [4.78, 5) is 6.89. The molecule has 0 amide bonds. The summed E-state index contributed by atoms with van der Waals surface area (Å²) in [5, 5.41) is 17.7. The third-order valence-corrected chi connectivity index (χ3v) is 5.81. The number of rotatable bonds is 5. The van der Waals surface area contributed by atoms with Crippen molar-refractivity contribution in [2.45, 2.75) is 44.9 Å². The SMILES string of the molecule is CC(C)(C)c1nnc2ccc(N3CC(CNc4nc(C5CC5)ns4)C3)nn12. The van der Waals surface area contributed by atoms with E-state index in [1.54, 1.807) is 0 Å². The van der Waals surface area contributed by atoms with E-state index in [4.69, 9.17) is 5.10 Å². The fourth-order valence-corrected chi connectivity index (χ4v) is 4.00. The van der Waals surface area contributed by atoms with Gasteiger partial charge in [-0.3, -0.25) is 0 Å². The van der Waals surface area contributed by atoms with Crippen LogP contribution in [0.3, 0.4) is 0 Å². The molecule has 3 aromatic heterocycles. The monoisotopic (exact) mass is 384 g/mol. The number of anilines is 2. The molecule has 5 rings (SSSR count). The third kappa shape index (κ3) is 3.24. The predicted octanol–water partition coefficient (Wildman–Crippen LogP) is 2.70. The summed E-state index contributed by atoms with van der Waals surface area (Å²) in [6, 6.07) is 4.03. The van der Waals surface area contributed by atoms with Gasteiger partial charge < -0.3 is 10.2 Å². The normalized spacial score (nSPS) is 18.1. The molecule has 2 aliphatic rings. The lowest BCUT2D eigenvalue weighted by Gasteiger charge is -2.40. The highest BCUT2D eigenvalue weighted by molar-refractivity contribution is 7.09. The van der Waals surface area contributed by atoms with E-state index in [2.05, 4.69) is 50.5 Å². The zero-order valence-corrected chi connectivity index (χ0v) is 16.7. The lowest BCUT2D eigenvalue weighted by atomic mass is 9.96. The molecule has 0 unspecified atom stereocenters. The fraction of sp³-hybridized carbons (Fsp3) is 0.611. The number of hydrogen-bond donors (Lipinski definition) is 1. The number of nitrogens with one attached hydrogen (secondary N) is 1. The van der Waals surface area contributed by atoms with Gasteiger partial charge in [-0.25, -0.2) is 4.98 Å². The molecule has 27 heavy (non-hydrogen) atoms. The van der Waals surface area contributed by atoms with Gasteiger partial charge in [-0.05, 0) is 25.0 Å². The van der Waals surface area contributed by atoms with Crippen molar-refractivity contribution in [2.75, 3.05) is 29.9 Å². The summed E-state index contributed by atoms with van der Waals surface area (Å²) in [5.41, 5.74) is 0.707. The fourth-order valence-electron chi connectivity index (χ4n) is 3.35. The number of hydrogen-bond acceptors (Lipinski definition) is 8. The maximum absolute atomic E-state index is 4.78. The van der Waals surface area contributed by atoms with Crippen LogP contribution < -0.4 is 10.2 Å². The molecule has 8 nitrogen and oxygen atoms in total. The highest BCUT2D eigenvalue weighted by Crippen LogP contribution is 2.39. The van der Waals surface area contributed by atoms with E-state index in [1.165, 1.54) is 24.4 Å². The number of nitrogens with zero attached hydrogens (tertiary/aromatic N) is 7. The van der Waals surface area contributed by atoms with E-state index in [0.29, 0.717) is 11.8 Å². The van der Waals surface area contributed by atoms with E-state index in [0.717, 1.165) is 47.9 Å². The predicted molar refractivity (Wildman–Crippen MR) is 106 cm³/mol. The summed E-state index contributed by atoms with van der Waals surface area (Å²) >= 11 is 1.48. The maximum atomic E-state index is 4.78. The summed E-state index contributed by atoms with van der Waals surface area (Å²) in [5.74, 6) is 4.11. The Morgan fingerprint density at radius 3 is 2.74 bits per heavy atom. The Morgan fingerprint density at radius 1 is 1.19 bits per heavy atom. The Kier molecular flexibility index (Phi) is 3.82. The largest absolute Gasteiger partial charge is 0.360 e. The van der Waals surface area contributed by atoms with Gasteiger partial charge in [-0.1, -0.05) is 20.8 Å². The molecule has 0 spiro atoms. The second kappa shape index (κ2) is 6.12. The van der Waals surface area contributed by atoms with Gasteiger partial charge in [0.2, 0.25) is 5.13 Å². The van der Waals surface area contributed by atoms with E-state index < -0.39 is 0 Å². The highest BCUT2D eigenvalue weighted by Gasteiger charge is 2.30. The smallest absolute Gasteiger partial charge is 0.202 e. The summed E-state index contributed by atoms with van der Waals surface area (Å²) in [6.07, 6.45) is 2.49. The van der Waals surface area contributed by atoms with E-state index >= 15 is 0 Å². The van der Waals surface area contributed by atoms with E-state index in [1.807, 2.05) is 16.6 Å². The molecule has 1 aliphatic heterocycles. The van der Waals surface area contributed by atoms with Crippen LogP contribution in [0.2, 0.25) is 0 Å². The molecule has 0 aromatic carbocycles. The third-order valence-electron chi connectivity index (χ3n) is 5.13. The van der Waals surface area contributed by atoms with Crippen LogP contribution in [0, 0.1) is 5.92 Å². The van der Waals surface area contributed by atoms with E-state index in [-0.39, 0.29) is 5.41 Å². The van der Waals surface area contributed by atoms with Gasteiger partial charge in [0.1, 0.15) is 11.6 Å². The van der Waals surface area contributed by atoms with Crippen LogP contribution in [-0.4, -0.2) is 48.8 Å². The molecule has 2 fully saturated rings. The topological polar surface area (TPSA) is 84.1 Å². The summed E-state index contributed by atoms with van der Waals surface area (Å²) in [6.45, 7) is 9.30. The van der Waals surface area contributed by atoms with Crippen LogP contribution in [0.1, 0.15) is 51.2 Å². The zero-order valence-electron chi connectivity index (χ0n) is 15.9. The van der Waals surface area contributed by atoms with Crippen molar-refractivity contribution in [3.05, 3.63) is 23.8 Å². The van der Waals surface area contributed by atoms with Crippen molar-refractivity contribution in [2.24, 2.45) is 5.92 Å². The Hall–Kier alpha value is -2.29. The quantitative estimate of drug-likeness (QED) is 0.724. The lowest BCUT2D eigenvalue weighted by molar-refractivity contribution is 0.424. The molecule has 1 saturated heterocycles. The Bertz CT molecular complexity index is 961. The minimum absolute atomic E-state index is 0.0898. The number of aromatic nitrogens is 6. The molecule has 3 aromatic rings. The van der Waals surface area contributed by atoms with Gasteiger partial charge in [-0.15, -0.1) is 15.3 Å². The van der Waals surface area contributed by atoms with Crippen LogP contribution >= 0.6 is 11.5 Å².